The van der Waals surface area contributed by atoms with Crippen molar-refractivity contribution in [2.75, 3.05) is 11.9 Å². The van der Waals surface area contributed by atoms with E-state index >= 15 is 0 Å². The molecule has 0 aliphatic carbocycles. The Morgan fingerprint density at radius 1 is 1.56 bits per heavy atom. The summed E-state index contributed by atoms with van der Waals surface area (Å²) in [5.41, 5.74) is 7.42. The summed E-state index contributed by atoms with van der Waals surface area (Å²) in [6.07, 6.45) is 1.30. The lowest BCUT2D eigenvalue weighted by molar-refractivity contribution is 0.964. The molecule has 0 saturated carbocycles. The van der Waals surface area contributed by atoms with Gasteiger partial charge in [0.15, 0.2) is 5.96 Å². The Bertz CT molecular complexity index is 370. The lowest BCUT2D eigenvalue weighted by Gasteiger charge is -2.06. The lowest BCUT2D eigenvalue weighted by Crippen LogP contribution is -2.23. The van der Waals surface area contributed by atoms with Gasteiger partial charge in [0.25, 0.3) is 0 Å². The summed E-state index contributed by atoms with van der Waals surface area (Å²) in [7, 11) is 0. The highest BCUT2D eigenvalue weighted by Gasteiger charge is 1.97. The van der Waals surface area contributed by atoms with Crippen molar-refractivity contribution in [3.63, 3.8) is 0 Å². The minimum absolute atomic E-state index is 0.313. The van der Waals surface area contributed by atoms with Gasteiger partial charge in [-0.3, -0.25) is 4.99 Å². The van der Waals surface area contributed by atoms with Gasteiger partial charge in [-0.25, -0.2) is 0 Å². The Hall–Kier alpha value is -1.36. The summed E-state index contributed by atoms with van der Waals surface area (Å²) < 4.78 is 0. The van der Waals surface area contributed by atoms with Gasteiger partial charge in [0.2, 0.25) is 0 Å². The molecule has 0 spiro atoms. The van der Waals surface area contributed by atoms with E-state index in [0.29, 0.717) is 17.3 Å². The predicted molar refractivity (Wildman–Crippen MR) is 72.8 cm³/mol. The van der Waals surface area contributed by atoms with Gasteiger partial charge in [-0.1, -0.05) is 35.0 Å². The van der Waals surface area contributed by atoms with E-state index in [2.05, 4.69) is 26.2 Å². The van der Waals surface area contributed by atoms with Crippen molar-refractivity contribution in [2.45, 2.75) is 11.8 Å². The molecule has 0 aliphatic heterocycles. The van der Waals surface area contributed by atoms with E-state index in [1.807, 2.05) is 31.2 Å². The Kier molecular flexibility index (Phi) is 4.98. The highest BCUT2D eigenvalue weighted by atomic mass is 79.9. The fourth-order valence-electron chi connectivity index (χ4n) is 1.07. The molecule has 0 unspecified atom stereocenters. The summed E-state index contributed by atoms with van der Waals surface area (Å²) in [5.74, 6) is 0.397. The molecule has 86 valence electrons. The number of aliphatic imine (C=N–C) groups is 1. The minimum Gasteiger partial charge on any atom is -0.370 e. The predicted octanol–water partition coefficient (Wildman–Crippen LogP) is 2.19. The largest absolute Gasteiger partial charge is 0.370 e. The molecule has 0 aliphatic rings. The minimum atomic E-state index is 0.313. The number of benzene rings is 1. The Morgan fingerprint density at radius 3 is 2.69 bits per heavy atom. The van der Waals surface area contributed by atoms with E-state index in [0.717, 1.165) is 11.3 Å². The van der Waals surface area contributed by atoms with Gasteiger partial charge < -0.3 is 16.5 Å². The zero-order chi connectivity index (χ0) is 12.0. The molecule has 0 amide bonds. The third-order valence-electron chi connectivity index (χ3n) is 1.86. The van der Waals surface area contributed by atoms with Crippen LogP contribution in [0.15, 0.2) is 29.3 Å². The first-order valence-electron chi connectivity index (χ1n) is 4.93. The van der Waals surface area contributed by atoms with Crippen LogP contribution in [-0.2, 0) is 0 Å². The number of nitrogens with two attached hydrogens (primary N) is 1. The number of rotatable bonds is 4. The van der Waals surface area contributed by atoms with E-state index in [-0.39, 0.29) is 0 Å². The molecular formula is C11H15BrN4. The summed E-state index contributed by atoms with van der Waals surface area (Å²) in [6, 6.07) is 7.41. The van der Waals surface area contributed by atoms with Crippen molar-refractivity contribution >= 4 is 33.8 Å². The number of anilines is 1. The maximum Gasteiger partial charge on any atom is 0.193 e. The van der Waals surface area contributed by atoms with Crippen LogP contribution in [-0.4, -0.2) is 23.5 Å². The van der Waals surface area contributed by atoms with Crippen molar-refractivity contribution in [3.05, 3.63) is 29.8 Å². The van der Waals surface area contributed by atoms with Crippen LogP contribution in [0.5, 0.6) is 0 Å². The summed E-state index contributed by atoms with van der Waals surface area (Å²) in [6.45, 7) is 2.65. The van der Waals surface area contributed by atoms with Crippen molar-refractivity contribution in [2.24, 2.45) is 10.7 Å². The molecular weight excluding hydrogens is 268 g/mol. The van der Waals surface area contributed by atoms with E-state index in [1.54, 1.807) is 0 Å². The number of nitrogens with zero attached hydrogens (tertiary/aromatic N) is 1. The number of hydrogen-bond donors (Lipinski definition) is 3. The fraction of sp³-hybridized carbons (Fsp3) is 0.273. The first kappa shape index (κ1) is 12.7. The average molecular weight is 283 g/mol. The number of nitrogens with one attached hydrogen (secondary N) is 2. The number of guanidine groups is 1. The highest BCUT2D eigenvalue weighted by Crippen LogP contribution is 2.07. The summed E-state index contributed by atoms with van der Waals surface area (Å²) >= 11 is 3.39. The number of halogens is 1. The maximum atomic E-state index is 7.07. The number of hydrogen-bond acceptors (Lipinski definition) is 2. The van der Waals surface area contributed by atoms with Crippen molar-refractivity contribution < 1.29 is 0 Å². The van der Waals surface area contributed by atoms with Gasteiger partial charge in [-0.2, -0.15) is 0 Å². The lowest BCUT2D eigenvalue weighted by atomic mass is 10.2. The van der Waals surface area contributed by atoms with Crippen molar-refractivity contribution in [1.29, 1.82) is 5.41 Å². The van der Waals surface area contributed by atoms with Gasteiger partial charge in [0.1, 0.15) is 0 Å². The monoisotopic (exact) mass is 282 g/mol. The average Bonchev–Trinajstić information content (AvgIpc) is 2.27. The maximum absolute atomic E-state index is 7.07. The molecule has 1 aromatic rings. The van der Waals surface area contributed by atoms with Crippen LogP contribution in [0.4, 0.5) is 5.69 Å². The second kappa shape index (κ2) is 6.27. The van der Waals surface area contributed by atoms with E-state index in [1.165, 1.54) is 6.21 Å². The second-order valence-electron chi connectivity index (χ2n) is 3.40. The molecule has 4 N–H and O–H groups in total. The van der Waals surface area contributed by atoms with Crippen molar-refractivity contribution in [3.8, 4) is 0 Å². The first-order chi connectivity index (χ1) is 7.61. The third-order valence-corrected chi connectivity index (χ3v) is 2.15. The first-order valence-corrected chi connectivity index (χ1v) is 5.85. The van der Waals surface area contributed by atoms with Crippen LogP contribution in [0.3, 0.4) is 0 Å². The van der Waals surface area contributed by atoms with Crippen LogP contribution in [0.25, 0.3) is 0 Å². The van der Waals surface area contributed by atoms with Crippen LogP contribution < -0.4 is 11.1 Å². The molecule has 0 aromatic heterocycles. The SMILES string of the molecule is C[C@@H](Br)CN=C(N)Nc1ccc(C=N)cc1. The highest BCUT2D eigenvalue weighted by molar-refractivity contribution is 9.09. The topological polar surface area (TPSA) is 74.3 Å². The normalized spacial score (nSPS) is 13.2. The standard InChI is InChI=1S/C11H15BrN4/c1-8(12)7-15-11(14)16-10-4-2-9(6-13)3-5-10/h2-6,8,13H,7H2,1H3,(H3,14,15,16)/t8-/m1/s1. The number of alkyl halides is 1. The van der Waals surface area contributed by atoms with E-state index in [4.69, 9.17) is 11.1 Å². The van der Waals surface area contributed by atoms with Gasteiger partial charge in [0, 0.05) is 16.7 Å². The van der Waals surface area contributed by atoms with Crippen LogP contribution >= 0.6 is 15.9 Å². The van der Waals surface area contributed by atoms with Crippen LogP contribution in [0.2, 0.25) is 0 Å². The van der Waals surface area contributed by atoms with Crippen LogP contribution in [0, 0.1) is 5.41 Å². The second-order valence-corrected chi connectivity index (χ2v) is 4.96. The smallest absolute Gasteiger partial charge is 0.193 e. The Morgan fingerprint density at radius 2 is 2.19 bits per heavy atom. The quantitative estimate of drug-likeness (QED) is 0.450. The van der Waals surface area contributed by atoms with E-state index < -0.39 is 0 Å². The molecule has 1 rings (SSSR count). The van der Waals surface area contributed by atoms with Gasteiger partial charge in [0.05, 0.1) is 6.54 Å². The molecule has 5 heteroatoms. The molecule has 1 atom stereocenters. The van der Waals surface area contributed by atoms with Crippen molar-refractivity contribution in [1.82, 2.24) is 0 Å². The Labute approximate surface area is 104 Å². The zero-order valence-corrected chi connectivity index (χ0v) is 10.7. The molecule has 1 aromatic carbocycles. The third kappa shape index (κ3) is 4.44. The Balaban J connectivity index is 2.58. The van der Waals surface area contributed by atoms with E-state index in [9.17, 15) is 0 Å². The summed E-state index contributed by atoms with van der Waals surface area (Å²) in [4.78, 5) is 4.47. The molecule has 0 bridgehead atoms. The fourth-order valence-corrected chi connectivity index (χ4v) is 1.22. The molecule has 0 saturated heterocycles. The molecule has 16 heavy (non-hydrogen) atoms. The molecule has 0 heterocycles. The van der Waals surface area contributed by atoms with Gasteiger partial charge >= 0.3 is 0 Å². The zero-order valence-electron chi connectivity index (χ0n) is 9.07. The molecule has 0 radical (unpaired) electrons. The molecule has 0 fully saturated rings. The van der Waals surface area contributed by atoms with Gasteiger partial charge in [-0.15, -0.1) is 0 Å². The van der Waals surface area contributed by atoms with Gasteiger partial charge in [-0.05, 0) is 17.7 Å². The molecule has 4 nitrogen and oxygen atoms in total. The van der Waals surface area contributed by atoms with Crippen LogP contribution in [0.1, 0.15) is 12.5 Å². The summed E-state index contributed by atoms with van der Waals surface area (Å²) in [5, 5.41) is 10.1.